The van der Waals surface area contributed by atoms with Crippen molar-refractivity contribution in [2.45, 2.75) is 103 Å². The van der Waals surface area contributed by atoms with E-state index in [9.17, 15) is 0 Å². The number of fused-ring (bicyclic) bond motifs is 26. The van der Waals surface area contributed by atoms with Gasteiger partial charge in [-0.1, -0.05) is 274 Å². The van der Waals surface area contributed by atoms with Gasteiger partial charge < -0.3 is 37.3 Å². The molecule has 0 spiro atoms. The highest BCUT2D eigenvalue weighted by Crippen LogP contribution is 2.59. The molecule has 6 heterocycles. The minimum Gasteiger partial charge on any atom is -0.454 e. The molecule has 2 fully saturated rings. The molecule has 2 aliphatic carbocycles. The molecule has 20 aromatic carbocycles. The summed E-state index contributed by atoms with van der Waals surface area (Å²) in [6, 6.07) is 138. The predicted molar refractivity (Wildman–Crippen MR) is 585 cm³/mol. The van der Waals surface area contributed by atoms with Crippen molar-refractivity contribution in [2.75, 3.05) is 19.6 Å². The fourth-order valence-corrected chi connectivity index (χ4v) is 27.0. The lowest BCUT2D eigenvalue weighted by molar-refractivity contribution is 0.395. The van der Waals surface area contributed by atoms with Gasteiger partial charge in [0.1, 0.15) is 22.3 Å². The smallest absolute Gasteiger partial charge is 0.159 e. The highest BCUT2D eigenvalue weighted by atomic mass is 32.1. The van der Waals surface area contributed by atoms with Crippen molar-refractivity contribution in [3.8, 4) is 0 Å². The molecule has 28 rings (SSSR count). The summed E-state index contributed by atoms with van der Waals surface area (Å²) in [4.78, 5) is 9.93. The number of furan rings is 4. The van der Waals surface area contributed by atoms with Gasteiger partial charge in [0.25, 0.3) is 0 Å². The topological polar surface area (TPSA) is 65.5 Å². The number of aryl methyl sites for hydroxylation is 4. The van der Waals surface area contributed by atoms with E-state index in [0.29, 0.717) is 11.8 Å². The van der Waals surface area contributed by atoms with Crippen LogP contribution >= 0.6 is 22.7 Å². The molecule has 662 valence electrons. The second-order valence-corrected chi connectivity index (χ2v) is 41.0. The van der Waals surface area contributed by atoms with E-state index in [4.69, 9.17) is 17.7 Å². The van der Waals surface area contributed by atoms with Crippen LogP contribution in [0, 0.1) is 27.7 Å². The third-order valence-electron chi connectivity index (χ3n) is 30.4. The van der Waals surface area contributed by atoms with Gasteiger partial charge in [-0.3, -0.25) is 0 Å². The van der Waals surface area contributed by atoms with Gasteiger partial charge in [-0.15, -0.1) is 22.7 Å². The molecule has 0 aliphatic heterocycles. The Hall–Kier alpha value is -15.7. The van der Waals surface area contributed by atoms with Crippen LogP contribution in [0.3, 0.4) is 0 Å². The molecule has 2 saturated carbocycles. The van der Waals surface area contributed by atoms with Crippen LogP contribution in [0.1, 0.15) is 114 Å². The first kappa shape index (κ1) is 80.7. The molecule has 0 amide bonds. The molecule has 2 atom stereocenters. The third-order valence-corrected chi connectivity index (χ3v) is 32.6. The second kappa shape index (κ2) is 32.0. The van der Waals surface area contributed by atoms with Crippen LogP contribution in [0.25, 0.3) is 171 Å². The highest BCUT2D eigenvalue weighted by Gasteiger charge is 2.34. The van der Waals surface area contributed by atoms with Gasteiger partial charge in [0, 0.05) is 128 Å². The van der Waals surface area contributed by atoms with E-state index in [-0.39, 0.29) is 5.92 Å². The number of nitrogens with zero attached hydrogens (tertiary/aromatic N) is 4. The molecule has 0 saturated heterocycles. The molecular formula is C128H94N4O4S2. The summed E-state index contributed by atoms with van der Waals surface area (Å²) >= 11 is 3.76. The molecule has 2 aliphatic rings. The number of anilines is 12. The highest BCUT2D eigenvalue weighted by molar-refractivity contribution is 7.26. The molecule has 0 N–H and O–H groups in total. The molecule has 8 nitrogen and oxygen atoms in total. The van der Waals surface area contributed by atoms with Gasteiger partial charge in [-0.05, 0) is 259 Å². The summed E-state index contributed by atoms with van der Waals surface area (Å²) in [5.41, 5.74) is 28.6. The second-order valence-electron chi connectivity index (χ2n) is 38.8. The van der Waals surface area contributed by atoms with Crippen LogP contribution in [0.15, 0.2) is 388 Å². The Balaban J connectivity index is 0.556. The SMILES string of the molecule is Cc1cc(C)cc(N(c2cc3sc4cc(N(c5cc(C)cc(C)c5)c5cccc6c5oc5cccc(C7CCCC(c8ccc(N(c9cc%10sc%11cc(N(c%12ccc(C%13CCCCC%13)cc%12)c%12cccc%13c%12oc%12ccccc%12%13)c%12ccccc%12c%11c%10c%10ccccc9%10)c9cccc%10c9oc9ccccc9%10)cc8)C7)c56)c5ccccc5c4c3c3ccccc23)c2cccc3c2oc2ccccc23)c1. The normalized spacial score (nSPS) is 14.7. The fourth-order valence-electron chi connectivity index (χ4n) is 24.6. The van der Waals surface area contributed by atoms with E-state index >= 15 is 0 Å². The Morgan fingerprint density at radius 2 is 0.500 bits per heavy atom. The van der Waals surface area contributed by atoms with Crippen LogP contribution in [-0.4, -0.2) is 0 Å². The monoisotopic (exact) mass is 1810 g/mol. The van der Waals surface area contributed by atoms with Gasteiger partial charge >= 0.3 is 0 Å². The quantitative estimate of drug-likeness (QED) is 0.101. The first-order valence-corrected chi connectivity index (χ1v) is 50.5. The molecule has 2 unspecified atom stereocenters. The summed E-state index contributed by atoms with van der Waals surface area (Å²) in [5, 5.41) is 23.4. The summed E-state index contributed by atoms with van der Waals surface area (Å²) in [5.74, 6) is 1.16. The number of para-hydroxylation sites is 7. The van der Waals surface area contributed by atoms with Crippen molar-refractivity contribution in [2.24, 2.45) is 0 Å². The van der Waals surface area contributed by atoms with Gasteiger partial charge in [0.15, 0.2) is 22.3 Å². The number of thiophene rings is 2. The van der Waals surface area contributed by atoms with E-state index < -0.39 is 0 Å². The van der Waals surface area contributed by atoms with Gasteiger partial charge in [-0.25, -0.2) is 0 Å². The molecule has 10 heteroatoms. The summed E-state index contributed by atoms with van der Waals surface area (Å²) in [6.07, 6.45) is 10.7. The van der Waals surface area contributed by atoms with Gasteiger partial charge in [-0.2, -0.15) is 0 Å². The van der Waals surface area contributed by atoms with E-state index in [0.717, 1.165) is 192 Å². The maximum absolute atomic E-state index is 7.52. The predicted octanol–water partition coefficient (Wildman–Crippen LogP) is 39.2. The minimum atomic E-state index is 0.274. The van der Waals surface area contributed by atoms with Crippen LogP contribution in [0.4, 0.5) is 68.2 Å². The van der Waals surface area contributed by atoms with E-state index in [1.807, 2.05) is 22.7 Å². The van der Waals surface area contributed by atoms with Crippen molar-refractivity contribution in [3.05, 3.63) is 409 Å². The van der Waals surface area contributed by atoms with Crippen LogP contribution in [0.2, 0.25) is 0 Å². The zero-order valence-electron chi connectivity index (χ0n) is 77.1. The summed E-state index contributed by atoms with van der Waals surface area (Å²) in [7, 11) is 0. The zero-order valence-corrected chi connectivity index (χ0v) is 78.7. The zero-order chi connectivity index (χ0) is 91.2. The van der Waals surface area contributed by atoms with Gasteiger partial charge in [0.2, 0.25) is 0 Å². The molecule has 26 aromatic rings. The Kier molecular flexibility index (Phi) is 18.7. The fraction of sp³-hybridized carbons (Fsp3) is 0.125. The largest absolute Gasteiger partial charge is 0.454 e. The maximum Gasteiger partial charge on any atom is 0.159 e. The number of rotatable bonds is 15. The van der Waals surface area contributed by atoms with E-state index in [1.54, 1.807) is 0 Å². The number of hydrogen-bond donors (Lipinski definition) is 0. The number of benzene rings is 20. The van der Waals surface area contributed by atoms with Crippen molar-refractivity contribution < 1.29 is 17.7 Å². The van der Waals surface area contributed by atoms with Crippen LogP contribution in [0.5, 0.6) is 0 Å². The first-order valence-electron chi connectivity index (χ1n) is 48.9. The lowest BCUT2D eigenvalue weighted by Crippen LogP contribution is -2.14. The molecule has 138 heavy (non-hydrogen) atoms. The van der Waals surface area contributed by atoms with E-state index in [2.05, 4.69) is 417 Å². The molecule has 0 radical (unpaired) electrons. The first-order chi connectivity index (χ1) is 68.1. The summed E-state index contributed by atoms with van der Waals surface area (Å²) < 4.78 is 33.4. The van der Waals surface area contributed by atoms with E-state index in [1.165, 1.54) is 144 Å². The average Bonchev–Trinajstić information content (AvgIpc) is 1.51. The van der Waals surface area contributed by atoms with Crippen molar-refractivity contribution >= 4 is 262 Å². The summed E-state index contributed by atoms with van der Waals surface area (Å²) in [6.45, 7) is 8.85. The average molecular weight is 1820 g/mol. The van der Waals surface area contributed by atoms with Crippen molar-refractivity contribution in [1.82, 2.24) is 0 Å². The minimum absolute atomic E-state index is 0.274. The Bertz CT molecular complexity index is 9490. The van der Waals surface area contributed by atoms with Crippen LogP contribution in [-0.2, 0) is 0 Å². The van der Waals surface area contributed by atoms with Crippen molar-refractivity contribution in [3.63, 3.8) is 0 Å². The Labute approximate surface area is 805 Å². The lowest BCUT2D eigenvalue weighted by Gasteiger charge is -2.31. The Morgan fingerprint density at radius 3 is 0.884 bits per heavy atom. The molecule has 6 aromatic heterocycles. The molecule has 0 bridgehead atoms. The maximum atomic E-state index is 7.52. The molecular weight excluding hydrogens is 1720 g/mol. The Morgan fingerprint density at radius 1 is 0.210 bits per heavy atom. The third kappa shape index (κ3) is 12.8. The standard InChI is InChI=1S/C128H94N4O4S2/c1-75-64-76(2)67-86(66-75)131(106-50-25-46-102-95-38-18-21-54-114(95)135-127(102)106)110-73-118-123(98-41-14-10-34-91(98)110)124-99-42-15-11-35-92(99)111(74-119(124)138-118)132(87-68-77(3)65-78(4)69-87)107-51-26-47-103-120-88(43-27-55-115(120)136-128(103)107)83-31-22-30-82(70-83)81-58-62-85(63-59-81)130(105-49-24-45-101-94-37-17-20-53-113(94)134-126(101)105)109-72-117-122(97-40-13-9-33-90(97)109)121-96-39-12-8-32-89(96)108(71-116(121)137-117)129(84-60-56-80(57-61-84)79-28-6-5-7-29-79)104-48-23-44-100-93-36-16-19-52-112(93)133-125(100)104/h8-21,23-27,32-69,71-74,79,82-83H,5-7,22,28-31,70H2,1-4H3. The number of hydrogen-bond acceptors (Lipinski definition) is 10. The van der Waals surface area contributed by atoms with Gasteiger partial charge in [0.05, 0.1) is 45.5 Å². The van der Waals surface area contributed by atoms with Crippen LogP contribution < -0.4 is 19.6 Å². The lowest BCUT2D eigenvalue weighted by atomic mass is 9.74. The van der Waals surface area contributed by atoms with Crippen molar-refractivity contribution in [1.29, 1.82) is 0 Å².